The largest absolute Gasteiger partial charge is 0.302 e. The van der Waals surface area contributed by atoms with Crippen LogP contribution >= 0.6 is 11.8 Å². The highest BCUT2D eigenvalue weighted by Crippen LogP contribution is 2.29. The maximum absolute atomic E-state index is 13.0. The molecule has 0 bridgehead atoms. The van der Waals surface area contributed by atoms with Crippen LogP contribution in [0.2, 0.25) is 0 Å². The Kier molecular flexibility index (Phi) is 4.02. The maximum Gasteiger partial charge on any atom is 0.302 e. The van der Waals surface area contributed by atoms with Gasteiger partial charge in [0.2, 0.25) is 0 Å². The zero-order chi connectivity index (χ0) is 18.1. The van der Waals surface area contributed by atoms with Crippen molar-refractivity contribution in [1.82, 2.24) is 9.55 Å². The summed E-state index contributed by atoms with van der Waals surface area (Å²) in [5, 5.41) is 7.24. The van der Waals surface area contributed by atoms with Crippen LogP contribution in [0.3, 0.4) is 0 Å². The Morgan fingerprint density at radius 1 is 0.846 bits per heavy atom. The molecule has 0 spiro atoms. The average molecular weight is 362 g/mol. The van der Waals surface area contributed by atoms with Gasteiger partial charge in [-0.1, -0.05) is 30.3 Å². The summed E-state index contributed by atoms with van der Waals surface area (Å²) in [4.78, 5) is 41.0. The second-order valence-corrected chi connectivity index (χ2v) is 6.35. The molecule has 0 N–H and O–H groups in total. The third-order valence-electron chi connectivity index (χ3n) is 3.67. The number of aromatic nitrogens is 2. The van der Waals surface area contributed by atoms with Crippen molar-refractivity contribution in [2.24, 2.45) is 10.2 Å². The van der Waals surface area contributed by atoms with Gasteiger partial charge in [0, 0.05) is 6.08 Å². The Bertz CT molecular complexity index is 1170. The summed E-state index contributed by atoms with van der Waals surface area (Å²) in [6.07, 6.45) is 1.09. The first-order valence-corrected chi connectivity index (χ1v) is 8.42. The van der Waals surface area contributed by atoms with Crippen LogP contribution < -0.4 is 5.56 Å². The molecule has 7 nitrogen and oxygen atoms in total. The molecule has 0 aliphatic carbocycles. The quantitative estimate of drug-likeness (QED) is 0.668. The number of azo groups is 1. The Hall–Kier alpha value is -3.39. The highest BCUT2D eigenvalue weighted by molar-refractivity contribution is 8.03. The number of thioether (sulfide) groups is 1. The minimum Gasteiger partial charge on any atom is -0.268 e. The summed E-state index contributed by atoms with van der Waals surface area (Å²) in [6, 6.07) is 15.9. The smallest absolute Gasteiger partial charge is 0.268 e. The van der Waals surface area contributed by atoms with E-state index < -0.39 is 11.8 Å². The van der Waals surface area contributed by atoms with Crippen LogP contribution in [0.15, 0.2) is 85.8 Å². The molecule has 2 aromatic carbocycles. The lowest BCUT2D eigenvalue weighted by Crippen LogP contribution is -2.22. The molecule has 0 fully saturated rings. The lowest BCUT2D eigenvalue weighted by atomic mass is 10.2. The fourth-order valence-corrected chi connectivity index (χ4v) is 3.41. The number of para-hydroxylation sites is 2. The molecule has 1 aliphatic heterocycles. The van der Waals surface area contributed by atoms with Crippen molar-refractivity contribution in [3.63, 3.8) is 0 Å². The average Bonchev–Trinajstić information content (AvgIpc) is 2.66. The predicted molar refractivity (Wildman–Crippen MR) is 96.1 cm³/mol. The molecule has 0 unspecified atom stereocenters. The van der Waals surface area contributed by atoms with Crippen molar-refractivity contribution in [3.05, 3.63) is 75.9 Å². The molecular weight excluding hydrogens is 352 g/mol. The first-order valence-electron chi connectivity index (χ1n) is 7.60. The molecule has 3 aromatic rings. The van der Waals surface area contributed by atoms with E-state index in [1.54, 1.807) is 48.5 Å². The Morgan fingerprint density at radius 3 is 2.38 bits per heavy atom. The minimum absolute atomic E-state index is 0.0665. The molecule has 8 heteroatoms. The number of nitrogens with zero attached hydrogens (tertiary/aromatic N) is 4. The van der Waals surface area contributed by atoms with E-state index in [9.17, 15) is 14.4 Å². The van der Waals surface area contributed by atoms with E-state index in [0.29, 0.717) is 16.6 Å². The first-order chi connectivity index (χ1) is 12.6. The lowest BCUT2D eigenvalue weighted by Gasteiger charge is -2.13. The normalized spacial score (nSPS) is 13.9. The summed E-state index contributed by atoms with van der Waals surface area (Å²) >= 11 is 0.916. The summed E-state index contributed by atoms with van der Waals surface area (Å²) in [5.41, 5.74) is 0.847. The highest BCUT2D eigenvalue weighted by Gasteiger charge is 2.21. The fourth-order valence-electron chi connectivity index (χ4n) is 2.50. The molecule has 4 rings (SSSR count). The zero-order valence-electron chi connectivity index (χ0n) is 13.2. The SMILES string of the molecule is O=C1C=C(Sc2nc3ccccc3c(=O)n2-c2ccccc2)C(=O)N=N1. The molecule has 26 heavy (non-hydrogen) atoms. The van der Waals surface area contributed by atoms with E-state index in [1.807, 2.05) is 6.07 Å². The Balaban J connectivity index is 1.94. The monoisotopic (exact) mass is 362 g/mol. The molecule has 126 valence electrons. The summed E-state index contributed by atoms with van der Waals surface area (Å²) in [5.74, 6) is -1.27. The fraction of sp³-hybridized carbons (Fsp3) is 0. The van der Waals surface area contributed by atoms with Gasteiger partial charge in [-0.25, -0.2) is 4.98 Å². The van der Waals surface area contributed by atoms with Crippen LogP contribution in [0.1, 0.15) is 0 Å². The molecule has 2 heterocycles. The molecule has 2 amide bonds. The summed E-state index contributed by atoms with van der Waals surface area (Å²) in [6.45, 7) is 0. The number of hydrogen-bond donors (Lipinski definition) is 0. The van der Waals surface area contributed by atoms with Gasteiger partial charge in [0.15, 0.2) is 5.16 Å². The van der Waals surface area contributed by atoms with Crippen molar-refractivity contribution < 1.29 is 9.59 Å². The van der Waals surface area contributed by atoms with Gasteiger partial charge in [-0.05, 0) is 36.0 Å². The van der Waals surface area contributed by atoms with Crippen LogP contribution in [-0.4, -0.2) is 21.4 Å². The third kappa shape index (κ3) is 2.86. The van der Waals surface area contributed by atoms with Crippen LogP contribution in [0.4, 0.5) is 0 Å². The van der Waals surface area contributed by atoms with E-state index in [2.05, 4.69) is 15.2 Å². The van der Waals surface area contributed by atoms with Crippen molar-refractivity contribution >= 4 is 34.5 Å². The minimum atomic E-state index is -0.642. The maximum atomic E-state index is 13.0. The number of rotatable bonds is 3. The van der Waals surface area contributed by atoms with Gasteiger partial charge in [-0.3, -0.25) is 19.0 Å². The lowest BCUT2D eigenvalue weighted by molar-refractivity contribution is -0.119. The number of carbonyl (C=O) groups is 2. The van der Waals surface area contributed by atoms with Gasteiger partial charge >= 0.3 is 5.91 Å². The topological polar surface area (TPSA) is 93.8 Å². The third-order valence-corrected chi connectivity index (χ3v) is 4.63. The van der Waals surface area contributed by atoms with E-state index in [4.69, 9.17) is 0 Å². The first kappa shape index (κ1) is 16.1. The van der Waals surface area contributed by atoms with Crippen LogP contribution in [-0.2, 0) is 9.59 Å². The van der Waals surface area contributed by atoms with Crippen LogP contribution in [0.5, 0.6) is 0 Å². The van der Waals surface area contributed by atoms with Crippen molar-refractivity contribution in [3.8, 4) is 5.69 Å². The molecule has 1 aliphatic rings. The van der Waals surface area contributed by atoms with E-state index in [-0.39, 0.29) is 15.6 Å². The van der Waals surface area contributed by atoms with Crippen molar-refractivity contribution in [1.29, 1.82) is 0 Å². The van der Waals surface area contributed by atoms with Gasteiger partial charge in [-0.15, -0.1) is 10.2 Å². The molecule has 0 saturated heterocycles. The van der Waals surface area contributed by atoms with Crippen LogP contribution in [0.25, 0.3) is 16.6 Å². The second kappa shape index (κ2) is 6.49. The van der Waals surface area contributed by atoms with Gasteiger partial charge < -0.3 is 0 Å². The number of benzene rings is 2. The van der Waals surface area contributed by atoms with Crippen molar-refractivity contribution in [2.75, 3.05) is 0 Å². The molecule has 0 radical (unpaired) electrons. The summed E-state index contributed by atoms with van der Waals surface area (Å²) in [7, 11) is 0. The number of fused-ring (bicyclic) bond motifs is 1. The molecule has 0 saturated carbocycles. The second-order valence-electron chi connectivity index (χ2n) is 5.34. The van der Waals surface area contributed by atoms with Crippen molar-refractivity contribution in [2.45, 2.75) is 5.16 Å². The zero-order valence-corrected chi connectivity index (χ0v) is 14.0. The standard InChI is InChI=1S/C18H10N4O3S/c23-15-10-14(16(24)21-20-15)26-18-19-13-9-5-4-8-12(13)17(25)22(18)11-6-2-1-3-7-11/h1-10H. The number of carbonyl (C=O) groups excluding carboxylic acids is 2. The van der Waals surface area contributed by atoms with Gasteiger partial charge in [0.05, 0.1) is 21.5 Å². The Labute approximate surface area is 151 Å². The van der Waals surface area contributed by atoms with Gasteiger partial charge in [0.1, 0.15) is 0 Å². The molecule has 1 aromatic heterocycles. The number of hydrogen-bond acceptors (Lipinski definition) is 5. The van der Waals surface area contributed by atoms with E-state index in [1.165, 1.54) is 4.57 Å². The summed E-state index contributed by atoms with van der Waals surface area (Å²) < 4.78 is 1.41. The van der Waals surface area contributed by atoms with Gasteiger partial charge in [-0.2, -0.15) is 0 Å². The predicted octanol–water partition coefficient (Wildman–Crippen LogP) is 2.88. The highest BCUT2D eigenvalue weighted by atomic mass is 32.2. The van der Waals surface area contributed by atoms with E-state index in [0.717, 1.165) is 17.8 Å². The molecule has 0 atom stereocenters. The van der Waals surface area contributed by atoms with E-state index >= 15 is 0 Å². The number of amides is 2. The molecular formula is C18H10N4O3S. The Morgan fingerprint density at radius 2 is 1.58 bits per heavy atom. The van der Waals surface area contributed by atoms with Crippen LogP contribution in [0, 0.1) is 0 Å². The van der Waals surface area contributed by atoms with Gasteiger partial charge in [0.25, 0.3) is 11.5 Å².